The Bertz CT molecular complexity index is 549. The van der Waals surface area contributed by atoms with Crippen molar-refractivity contribution in [3.8, 4) is 11.6 Å². The number of hydrogen-bond donors (Lipinski definition) is 1. The van der Waals surface area contributed by atoms with E-state index < -0.39 is 0 Å². The van der Waals surface area contributed by atoms with E-state index in [2.05, 4.69) is 15.1 Å². The zero-order valence-corrected chi connectivity index (χ0v) is 11.5. The molecule has 1 aliphatic carbocycles. The first-order valence-corrected chi connectivity index (χ1v) is 7.23. The van der Waals surface area contributed by atoms with E-state index in [4.69, 9.17) is 15.0 Å². The Balaban J connectivity index is 1.63. The second kappa shape index (κ2) is 5.36. The maximum atomic E-state index is 5.99. The fraction of sp³-hybridized carbons (Fsp3) is 0.583. The summed E-state index contributed by atoms with van der Waals surface area (Å²) in [6, 6.07) is -0.349. The number of thiazole rings is 1. The summed E-state index contributed by atoms with van der Waals surface area (Å²) in [5.41, 5.74) is 6.69. The second-order valence-electron chi connectivity index (χ2n) is 4.70. The van der Waals surface area contributed by atoms with Gasteiger partial charge in [-0.2, -0.15) is 4.98 Å². The molecular formula is C12H16N4O2S. The van der Waals surface area contributed by atoms with Crippen LogP contribution in [-0.2, 0) is 4.74 Å². The molecule has 0 amide bonds. The van der Waals surface area contributed by atoms with E-state index in [1.165, 1.54) is 6.42 Å². The van der Waals surface area contributed by atoms with Crippen molar-refractivity contribution in [1.29, 1.82) is 0 Å². The summed E-state index contributed by atoms with van der Waals surface area (Å²) in [7, 11) is 0. The van der Waals surface area contributed by atoms with E-state index in [-0.39, 0.29) is 6.04 Å². The highest BCUT2D eigenvalue weighted by atomic mass is 32.1. The summed E-state index contributed by atoms with van der Waals surface area (Å²) in [5.74, 6) is 0.887. The van der Waals surface area contributed by atoms with Crippen LogP contribution in [0, 0.1) is 6.92 Å². The van der Waals surface area contributed by atoms with E-state index in [9.17, 15) is 0 Å². The molecule has 1 atom stereocenters. The molecule has 0 aromatic carbocycles. The van der Waals surface area contributed by atoms with Gasteiger partial charge >= 0.3 is 0 Å². The van der Waals surface area contributed by atoms with Gasteiger partial charge in [-0.05, 0) is 26.2 Å². The van der Waals surface area contributed by atoms with Crippen molar-refractivity contribution in [1.82, 2.24) is 15.1 Å². The molecule has 0 radical (unpaired) electrons. The molecule has 0 spiro atoms. The van der Waals surface area contributed by atoms with Crippen LogP contribution in [0.15, 0.2) is 9.90 Å². The molecule has 102 valence electrons. The standard InChI is InChI=1S/C12H16N4O2S/c1-7-14-10(6-19-7)12-15-11(16-18-12)9(13)5-17-8-3-2-4-8/h6,8-9H,2-5,13H2,1H3. The lowest BCUT2D eigenvalue weighted by Gasteiger charge is -2.26. The van der Waals surface area contributed by atoms with Crippen molar-refractivity contribution in [3.63, 3.8) is 0 Å². The molecule has 6 nitrogen and oxygen atoms in total. The number of nitrogens with zero attached hydrogens (tertiary/aromatic N) is 3. The predicted molar refractivity (Wildman–Crippen MR) is 70.7 cm³/mol. The SMILES string of the molecule is Cc1nc(-c2nc(C(N)COC3CCC3)no2)cs1. The highest BCUT2D eigenvalue weighted by Crippen LogP contribution is 2.24. The number of nitrogens with two attached hydrogens (primary N) is 1. The summed E-state index contributed by atoms with van der Waals surface area (Å²) >= 11 is 1.55. The van der Waals surface area contributed by atoms with Crippen molar-refractivity contribution < 1.29 is 9.26 Å². The van der Waals surface area contributed by atoms with Crippen molar-refractivity contribution in [2.24, 2.45) is 5.73 Å². The molecular weight excluding hydrogens is 264 g/mol. The number of aromatic nitrogens is 3. The Hall–Kier alpha value is -1.31. The number of aryl methyl sites for hydroxylation is 1. The molecule has 2 N–H and O–H groups in total. The lowest BCUT2D eigenvalue weighted by atomic mass is 9.96. The third-order valence-electron chi connectivity index (χ3n) is 3.18. The van der Waals surface area contributed by atoms with E-state index in [0.29, 0.717) is 30.1 Å². The van der Waals surface area contributed by atoms with Gasteiger partial charge in [0.25, 0.3) is 5.89 Å². The van der Waals surface area contributed by atoms with E-state index in [1.54, 1.807) is 11.3 Å². The molecule has 0 aliphatic heterocycles. The average Bonchev–Trinajstić information content (AvgIpc) is 2.94. The quantitative estimate of drug-likeness (QED) is 0.902. The van der Waals surface area contributed by atoms with Gasteiger partial charge in [0.05, 0.1) is 23.8 Å². The van der Waals surface area contributed by atoms with Crippen LogP contribution in [0.2, 0.25) is 0 Å². The smallest absolute Gasteiger partial charge is 0.277 e. The van der Waals surface area contributed by atoms with Crippen LogP contribution in [0.5, 0.6) is 0 Å². The first kappa shape index (κ1) is 12.7. The second-order valence-corrected chi connectivity index (χ2v) is 5.76. The van der Waals surface area contributed by atoms with Gasteiger partial charge in [0.1, 0.15) is 5.69 Å². The van der Waals surface area contributed by atoms with Crippen LogP contribution in [0.1, 0.15) is 36.1 Å². The van der Waals surface area contributed by atoms with Crippen LogP contribution >= 0.6 is 11.3 Å². The van der Waals surface area contributed by atoms with E-state index >= 15 is 0 Å². The van der Waals surface area contributed by atoms with Crippen molar-refractivity contribution in [2.75, 3.05) is 6.61 Å². The molecule has 0 saturated heterocycles. The van der Waals surface area contributed by atoms with Crippen LogP contribution in [0.4, 0.5) is 0 Å². The molecule has 2 aromatic heterocycles. The number of ether oxygens (including phenoxy) is 1. The molecule has 19 heavy (non-hydrogen) atoms. The van der Waals surface area contributed by atoms with Crippen molar-refractivity contribution in [2.45, 2.75) is 38.3 Å². The molecule has 3 rings (SSSR count). The first-order chi connectivity index (χ1) is 9.22. The maximum absolute atomic E-state index is 5.99. The predicted octanol–water partition coefficient (Wildman–Crippen LogP) is 2.07. The lowest BCUT2D eigenvalue weighted by Crippen LogP contribution is -2.27. The Morgan fingerprint density at radius 2 is 2.37 bits per heavy atom. The average molecular weight is 280 g/mol. The van der Waals surface area contributed by atoms with Gasteiger partial charge < -0.3 is 15.0 Å². The highest BCUT2D eigenvalue weighted by Gasteiger charge is 2.22. The Morgan fingerprint density at radius 3 is 3.00 bits per heavy atom. The fourth-order valence-corrected chi connectivity index (χ4v) is 2.39. The zero-order chi connectivity index (χ0) is 13.2. The van der Waals surface area contributed by atoms with Gasteiger partial charge in [-0.15, -0.1) is 11.3 Å². The highest BCUT2D eigenvalue weighted by molar-refractivity contribution is 7.09. The molecule has 1 fully saturated rings. The molecule has 7 heteroatoms. The Kier molecular flexibility index (Phi) is 3.58. The van der Waals surface area contributed by atoms with Crippen LogP contribution < -0.4 is 5.73 Å². The first-order valence-electron chi connectivity index (χ1n) is 6.35. The molecule has 0 bridgehead atoms. The minimum atomic E-state index is -0.349. The van der Waals surface area contributed by atoms with Crippen molar-refractivity contribution >= 4 is 11.3 Å². The molecule has 1 saturated carbocycles. The molecule has 2 aromatic rings. The Morgan fingerprint density at radius 1 is 1.53 bits per heavy atom. The fourth-order valence-electron chi connectivity index (χ4n) is 1.80. The largest absolute Gasteiger partial charge is 0.376 e. The summed E-state index contributed by atoms with van der Waals surface area (Å²) < 4.78 is 10.8. The third kappa shape index (κ3) is 2.83. The van der Waals surface area contributed by atoms with Crippen LogP contribution in [0.25, 0.3) is 11.6 Å². The van der Waals surface area contributed by atoms with E-state index in [0.717, 1.165) is 17.8 Å². The number of hydrogen-bond acceptors (Lipinski definition) is 7. The third-order valence-corrected chi connectivity index (χ3v) is 3.95. The van der Waals surface area contributed by atoms with Gasteiger partial charge in [0.15, 0.2) is 5.82 Å². The summed E-state index contributed by atoms with van der Waals surface area (Å²) in [6.45, 7) is 2.36. The summed E-state index contributed by atoms with van der Waals surface area (Å²) in [5, 5.41) is 6.75. The zero-order valence-electron chi connectivity index (χ0n) is 10.7. The normalized spacial score (nSPS) is 17.4. The Labute approximate surface area is 115 Å². The van der Waals surface area contributed by atoms with Gasteiger partial charge in [-0.25, -0.2) is 4.98 Å². The summed E-state index contributed by atoms with van der Waals surface area (Å²) in [6.07, 6.45) is 3.86. The number of rotatable bonds is 5. The minimum Gasteiger partial charge on any atom is -0.376 e. The van der Waals surface area contributed by atoms with Gasteiger partial charge in [0, 0.05) is 5.38 Å². The summed E-state index contributed by atoms with van der Waals surface area (Å²) in [4.78, 5) is 8.58. The monoisotopic (exact) mass is 280 g/mol. The van der Waals surface area contributed by atoms with Crippen molar-refractivity contribution in [3.05, 3.63) is 16.2 Å². The van der Waals surface area contributed by atoms with Crippen LogP contribution in [-0.4, -0.2) is 27.8 Å². The molecule has 1 aliphatic rings. The topological polar surface area (TPSA) is 87.1 Å². The molecule has 2 heterocycles. The van der Waals surface area contributed by atoms with Gasteiger partial charge in [-0.1, -0.05) is 5.16 Å². The minimum absolute atomic E-state index is 0.349. The van der Waals surface area contributed by atoms with Gasteiger partial charge in [0.2, 0.25) is 0 Å². The van der Waals surface area contributed by atoms with Crippen LogP contribution in [0.3, 0.4) is 0 Å². The maximum Gasteiger partial charge on any atom is 0.277 e. The molecule has 1 unspecified atom stereocenters. The van der Waals surface area contributed by atoms with Gasteiger partial charge in [-0.3, -0.25) is 0 Å². The van der Waals surface area contributed by atoms with E-state index in [1.807, 2.05) is 12.3 Å². The lowest BCUT2D eigenvalue weighted by molar-refractivity contribution is -0.00549.